The summed E-state index contributed by atoms with van der Waals surface area (Å²) in [6, 6.07) is 27.3. The van der Waals surface area contributed by atoms with E-state index >= 15 is 0 Å². The molecule has 2 fully saturated rings. The first-order chi connectivity index (χ1) is 19.9. The van der Waals surface area contributed by atoms with Crippen molar-refractivity contribution >= 4 is 31.9 Å². The lowest BCUT2D eigenvalue weighted by Gasteiger charge is -2.34. The lowest BCUT2D eigenvalue weighted by molar-refractivity contribution is -0.0778. The maximum atomic E-state index is 10.3. The molecule has 0 atom stereocenters. The zero-order chi connectivity index (χ0) is 28.9. The van der Waals surface area contributed by atoms with E-state index in [9.17, 15) is 4.79 Å². The number of aromatic nitrogens is 2. The van der Waals surface area contributed by atoms with E-state index in [0.29, 0.717) is 25.2 Å². The van der Waals surface area contributed by atoms with E-state index in [1.165, 1.54) is 17.2 Å². The third-order valence-corrected chi connectivity index (χ3v) is 7.47. The second-order valence-corrected chi connectivity index (χ2v) is 11.7. The van der Waals surface area contributed by atoms with E-state index < -0.39 is 0 Å². The van der Waals surface area contributed by atoms with E-state index in [1.54, 1.807) is 18.5 Å². The summed E-state index contributed by atoms with van der Waals surface area (Å²) in [4.78, 5) is 17.1. The van der Waals surface area contributed by atoms with Crippen molar-refractivity contribution in [3.8, 4) is 5.88 Å². The highest BCUT2D eigenvalue weighted by Crippen LogP contribution is 2.28. The van der Waals surface area contributed by atoms with Crippen molar-refractivity contribution in [3.63, 3.8) is 0 Å². The Balaban J connectivity index is 0.000000158. The van der Waals surface area contributed by atoms with Gasteiger partial charge in [-0.25, -0.2) is 4.98 Å². The molecule has 7 nitrogen and oxygen atoms in total. The molecule has 2 aliphatic rings. The largest absolute Gasteiger partial charge is 0.474 e. The fraction of sp³-hybridized carbons (Fsp3) is 0.312. The SMILES string of the molecule is Brc1ccc(OC2CC(OCc3ccccc3)C2)nc1.O=c1ccc(Br)c[nH]1.OC1CC(OCc2ccccc2)C1. The fourth-order valence-corrected chi connectivity index (χ4v) is 4.48. The van der Waals surface area contributed by atoms with Gasteiger partial charge in [0.05, 0.1) is 31.5 Å². The van der Waals surface area contributed by atoms with Crippen LogP contribution in [0.2, 0.25) is 0 Å². The Hall–Kier alpha value is -2.82. The van der Waals surface area contributed by atoms with E-state index in [-0.39, 0.29) is 23.9 Å². The molecule has 0 saturated heterocycles. The summed E-state index contributed by atoms with van der Waals surface area (Å²) in [5.74, 6) is 0.680. The van der Waals surface area contributed by atoms with Gasteiger partial charge in [0, 0.05) is 46.3 Å². The van der Waals surface area contributed by atoms with Crippen LogP contribution in [0.3, 0.4) is 0 Å². The van der Waals surface area contributed by atoms with Gasteiger partial charge < -0.3 is 24.3 Å². The molecule has 6 rings (SSSR count). The number of hydrogen-bond donors (Lipinski definition) is 2. The summed E-state index contributed by atoms with van der Waals surface area (Å²) in [6.07, 6.45) is 7.49. The molecule has 2 saturated carbocycles. The van der Waals surface area contributed by atoms with Gasteiger partial charge in [0.25, 0.3) is 0 Å². The van der Waals surface area contributed by atoms with Crippen molar-refractivity contribution in [2.75, 3.05) is 0 Å². The molecule has 0 unspecified atom stereocenters. The highest BCUT2D eigenvalue weighted by Gasteiger charge is 2.32. The van der Waals surface area contributed by atoms with Crippen molar-refractivity contribution in [2.24, 2.45) is 0 Å². The van der Waals surface area contributed by atoms with Crippen molar-refractivity contribution in [2.45, 2.75) is 63.3 Å². The number of aliphatic hydroxyl groups is 1. The Kier molecular flexibility index (Phi) is 12.6. The van der Waals surface area contributed by atoms with Gasteiger partial charge in [0.1, 0.15) is 6.10 Å². The number of rotatable bonds is 8. The van der Waals surface area contributed by atoms with Crippen LogP contribution in [-0.2, 0) is 22.7 Å². The average molecular weight is 686 g/mol. The summed E-state index contributed by atoms with van der Waals surface area (Å²) in [5.41, 5.74) is 2.34. The Morgan fingerprint density at radius 1 is 0.732 bits per heavy atom. The number of nitrogens with zero attached hydrogens (tertiary/aromatic N) is 1. The minimum absolute atomic E-state index is 0.0757. The standard InChI is InChI=1S/C16H16BrNO2.C11H14O2.C5H4BrNO/c17-13-6-7-16(18-10-13)20-15-8-14(9-15)19-11-12-4-2-1-3-5-12;12-10-6-11(7-10)13-8-9-4-2-1-3-5-9;6-4-1-2-5(8)7-3-4/h1-7,10,14-15H,8-9,11H2;1-5,10-12H,6-8H2;1-3H,(H,7,8). The summed E-state index contributed by atoms with van der Waals surface area (Å²) in [6.45, 7) is 1.34. The molecular weight excluding hydrogens is 652 g/mol. The molecule has 2 aliphatic carbocycles. The summed E-state index contributed by atoms with van der Waals surface area (Å²) in [5, 5.41) is 9.04. The summed E-state index contributed by atoms with van der Waals surface area (Å²) in [7, 11) is 0. The highest BCUT2D eigenvalue weighted by molar-refractivity contribution is 9.10. The zero-order valence-corrected chi connectivity index (χ0v) is 25.7. The molecule has 41 heavy (non-hydrogen) atoms. The minimum Gasteiger partial charge on any atom is -0.474 e. The van der Waals surface area contributed by atoms with Gasteiger partial charge in [-0.1, -0.05) is 60.7 Å². The van der Waals surface area contributed by atoms with Crippen molar-refractivity contribution in [1.29, 1.82) is 0 Å². The molecule has 2 N–H and O–H groups in total. The lowest BCUT2D eigenvalue weighted by Crippen LogP contribution is -2.39. The molecule has 0 spiro atoms. The van der Waals surface area contributed by atoms with Crippen LogP contribution in [0.4, 0.5) is 0 Å². The van der Waals surface area contributed by atoms with Crippen LogP contribution in [0, 0.1) is 0 Å². The van der Waals surface area contributed by atoms with E-state index in [0.717, 1.165) is 34.6 Å². The Morgan fingerprint density at radius 3 is 1.76 bits per heavy atom. The van der Waals surface area contributed by atoms with Crippen LogP contribution in [0.15, 0.2) is 111 Å². The molecule has 0 radical (unpaired) electrons. The molecule has 4 aromatic rings. The summed E-state index contributed by atoms with van der Waals surface area (Å²) < 4.78 is 19.0. The van der Waals surface area contributed by atoms with Crippen LogP contribution in [-0.4, -0.2) is 39.5 Å². The number of pyridine rings is 2. The van der Waals surface area contributed by atoms with Crippen LogP contribution >= 0.6 is 31.9 Å². The van der Waals surface area contributed by atoms with Crippen LogP contribution in [0.1, 0.15) is 36.8 Å². The van der Waals surface area contributed by atoms with Gasteiger partial charge in [0.15, 0.2) is 0 Å². The third kappa shape index (κ3) is 11.5. The van der Waals surface area contributed by atoms with Gasteiger partial charge >= 0.3 is 0 Å². The van der Waals surface area contributed by atoms with Gasteiger partial charge in [-0.2, -0.15) is 0 Å². The van der Waals surface area contributed by atoms with E-state index in [2.05, 4.69) is 66.1 Å². The molecule has 0 aliphatic heterocycles. The fourth-order valence-electron chi connectivity index (χ4n) is 3.99. The van der Waals surface area contributed by atoms with Crippen molar-refractivity contribution in [1.82, 2.24) is 9.97 Å². The Labute approximate surface area is 257 Å². The molecule has 9 heteroatoms. The van der Waals surface area contributed by atoms with Crippen molar-refractivity contribution < 1.29 is 19.3 Å². The number of aromatic amines is 1. The molecule has 2 heterocycles. The molecule has 2 aromatic heterocycles. The predicted molar refractivity (Wildman–Crippen MR) is 166 cm³/mol. The first-order valence-electron chi connectivity index (χ1n) is 13.5. The number of benzene rings is 2. The van der Waals surface area contributed by atoms with E-state index in [4.69, 9.17) is 19.3 Å². The second kappa shape index (κ2) is 16.6. The maximum Gasteiger partial charge on any atom is 0.247 e. The van der Waals surface area contributed by atoms with Gasteiger partial charge in [0.2, 0.25) is 11.4 Å². The number of aliphatic hydroxyl groups excluding tert-OH is 1. The Bertz CT molecular complexity index is 1320. The third-order valence-electron chi connectivity index (χ3n) is 6.51. The monoisotopic (exact) mass is 684 g/mol. The number of hydrogen-bond acceptors (Lipinski definition) is 6. The van der Waals surface area contributed by atoms with Gasteiger partial charge in [-0.3, -0.25) is 4.79 Å². The quantitative estimate of drug-likeness (QED) is 0.211. The van der Waals surface area contributed by atoms with Gasteiger partial charge in [-0.05, 0) is 68.0 Å². The summed E-state index contributed by atoms with van der Waals surface area (Å²) >= 11 is 6.53. The second-order valence-electron chi connectivity index (χ2n) is 9.86. The van der Waals surface area contributed by atoms with Crippen LogP contribution in [0.5, 0.6) is 5.88 Å². The Morgan fingerprint density at radius 2 is 1.29 bits per heavy atom. The van der Waals surface area contributed by atoms with Crippen LogP contribution in [0.25, 0.3) is 0 Å². The topological polar surface area (TPSA) is 93.7 Å². The number of ether oxygens (including phenoxy) is 3. The smallest absolute Gasteiger partial charge is 0.247 e. The number of halogens is 2. The average Bonchev–Trinajstić information content (AvgIpc) is 2.96. The highest BCUT2D eigenvalue weighted by atomic mass is 79.9. The van der Waals surface area contributed by atoms with Crippen molar-refractivity contribution in [3.05, 3.63) is 128 Å². The molecule has 2 aromatic carbocycles. The van der Waals surface area contributed by atoms with Gasteiger partial charge in [-0.15, -0.1) is 0 Å². The predicted octanol–water partition coefficient (Wildman–Crippen LogP) is 6.83. The maximum absolute atomic E-state index is 10.3. The minimum atomic E-state index is -0.124. The molecular formula is C32H34Br2N2O5. The first-order valence-corrected chi connectivity index (χ1v) is 15.1. The van der Waals surface area contributed by atoms with Crippen LogP contribution < -0.4 is 10.3 Å². The lowest BCUT2D eigenvalue weighted by atomic mass is 9.92. The number of nitrogens with one attached hydrogen (secondary N) is 1. The normalized spacial score (nSPS) is 20.7. The number of H-pyrrole nitrogens is 1. The first kappa shape index (κ1) is 31.1. The molecule has 216 valence electrons. The van der Waals surface area contributed by atoms with E-state index in [1.807, 2.05) is 48.5 Å². The zero-order valence-electron chi connectivity index (χ0n) is 22.6. The molecule has 0 amide bonds. The molecule has 0 bridgehead atoms.